The fourth-order valence-electron chi connectivity index (χ4n) is 2.93. The predicted octanol–water partition coefficient (Wildman–Crippen LogP) is 4.57. The van der Waals surface area contributed by atoms with Crippen LogP contribution in [0, 0.1) is 27.7 Å². The molecule has 26 heavy (non-hydrogen) atoms. The van der Waals surface area contributed by atoms with Crippen molar-refractivity contribution in [2.24, 2.45) is 0 Å². The van der Waals surface area contributed by atoms with E-state index in [-0.39, 0.29) is 5.91 Å². The van der Waals surface area contributed by atoms with Crippen molar-refractivity contribution in [2.75, 3.05) is 12.4 Å². The average Bonchev–Trinajstić information content (AvgIpc) is 3.11. The summed E-state index contributed by atoms with van der Waals surface area (Å²) in [4.78, 5) is 12.3. The molecule has 0 atom stereocenters. The Balaban J connectivity index is 2.02. The Labute approximate surface area is 155 Å². The molecule has 3 aromatic rings. The Morgan fingerprint density at radius 3 is 2.58 bits per heavy atom. The number of ether oxygens (including phenoxy) is 1. The molecule has 0 aliphatic rings. The van der Waals surface area contributed by atoms with E-state index in [1.807, 2.05) is 40.7 Å². The zero-order valence-corrected chi connectivity index (χ0v) is 16.5. The highest BCUT2D eigenvalue weighted by Crippen LogP contribution is 2.38. The van der Waals surface area contributed by atoms with E-state index >= 15 is 0 Å². The highest BCUT2D eigenvalue weighted by Gasteiger charge is 2.18. The SMILES string of the molecule is COc1c(/C(C)=C/C(=O)Nc2nnc(C)s2)cc2c(C)c(C)oc2c1C. The maximum Gasteiger partial charge on any atom is 0.250 e. The quantitative estimate of drug-likeness (QED) is 0.680. The number of hydrogen-bond donors (Lipinski definition) is 1. The van der Waals surface area contributed by atoms with Gasteiger partial charge in [0, 0.05) is 22.6 Å². The summed E-state index contributed by atoms with van der Waals surface area (Å²) >= 11 is 1.34. The Kier molecular flexibility index (Phi) is 4.82. The maximum absolute atomic E-state index is 12.3. The topological polar surface area (TPSA) is 77.2 Å². The number of carbonyl (C=O) groups is 1. The minimum Gasteiger partial charge on any atom is -0.496 e. The minimum atomic E-state index is -0.251. The fraction of sp³-hybridized carbons (Fsp3) is 0.316. The number of fused-ring (bicyclic) bond motifs is 1. The summed E-state index contributed by atoms with van der Waals surface area (Å²) in [6.45, 7) is 9.66. The van der Waals surface area contributed by atoms with Gasteiger partial charge in [-0.1, -0.05) is 11.3 Å². The van der Waals surface area contributed by atoms with Crippen LogP contribution >= 0.6 is 11.3 Å². The number of methoxy groups -OCH3 is 1. The molecule has 136 valence electrons. The van der Waals surface area contributed by atoms with Crippen molar-refractivity contribution in [1.82, 2.24) is 10.2 Å². The molecule has 0 aliphatic carbocycles. The van der Waals surface area contributed by atoms with Crippen LogP contribution in [0.5, 0.6) is 5.75 Å². The molecule has 6 nitrogen and oxygen atoms in total. The molecule has 0 spiro atoms. The van der Waals surface area contributed by atoms with Crippen molar-refractivity contribution in [3.8, 4) is 5.75 Å². The van der Waals surface area contributed by atoms with Crippen LogP contribution in [-0.4, -0.2) is 23.2 Å². The van der Waals surface area contributed by atoms with Crippen molar-refractivity contribution in [3.63, 3.8) is 0 Å². The number of rotatable bonds is 4. The summed E-state index contributed by atoms with van der Waals surface area (Å²) in [5, 5.41) is 12.9. The second-order valence-corrected chi connectivity index (χ2v) is 7.37. The van der Waals surface area contributed by atoms with Gasteiger partial charge in [0.15, 0.2) is 0 Å². The summed E-state index contributed by atoms with van der Waals surface area (Å²) in [6.07, 6.45) is 1.54. The van der Waals surface area contributed by atoms with Crippen LogP contribution in [0.3, 0.4) is 0 Å². The third-order valence-corrected chi connectivity index (χ3v) is 5.13. The number of allylic oxidation sites excluding steroid dienone is 1. The number of aryl methyl sites for hydroxylation is 4. The van der Waals surface area contributed by atoms with Crippen molar-refractivity contribution in [1.29, 1.82) is 0 Å². The van der Waals surface area contributed by atoms with Gasteiger partial charge >= 0.3 is 0 Å². The van der Waals surface area contributed by atoms with Crippen molar-refractivity contribution >= 4 is 38.9 Å². The molecule has 0 unspecified atom stereocenters. The Hall–Kier alpha value is -2.67. The normalized spacial score (nSPS) is 11.8. The summed E-state index contributed by atoms with van der Waals surface area (Å²) in [6, 6.07) is 2.02. The van der Waals surface area contributed by atoms with Gasteiger partial charge in [0.05, 0.1) is 7.11 Å². The summed E-state index contributed by atoms with van der Waals surface area (Å²) in [7, 11) is 1.62. The zero-order valence-electron chi connectivity index (χ0n) is 15.7. The lowest BCUT2D eigenvalue weighted by Crippen LogP contribution is -2.08. The molecular formula is C19H21N3O3S. The first-order valence-electron chi connectivity index (χ1n) is 8.18. The third-order valence-electron chi connectivity index (χ3n) is 4.38. The van der Waals surface area contributed by atoms with Crippen LogP contribution in [-0.2, 0) is 4.79 Å². The second kappa shape index (κ2) is 6.92. The lowest BCUT2D eigenvalue weighted by molar-refractivity contribution is -0.111. The minimum absolute atomic E-state index is 0.251. The van der Waals surface area contributed by atoms with E-state index in [1.54, 1.807) is 13.2 Å². The molecule has 1 amide bonds. The maximum atomic E-state index is 12.3. The van der Waals surface area contributed by atoms with Gasteiger partial charge in [0.1, 0.15) is 22.1 Å². The molecule has 0 radical (unpaired) electrons. The van der Waals surface area contributed by atoms with Crippen LogP contribution in [0.2, 0.25) is 0 Å². The van der Waals surface area contributed by atoms with E-state index in [9.17, 15) is 4.79 Å². The predicted molar refractivity (Wildman–Crippen MR) is 104 cm³/mol. The lowest BCUT2D eigenvalue weighted by atomic mass is 9.98. The number of carbonyl (C=O) groups excluding carboxylic acids is 1. The standard InChI is InChI=1S/C19H21N3O3S/c1-9(7-16(23)20-19-22-21-13(5)26-19)14-8-15-10(2)12(4)25-18(15)11(3)17(14)24-6/h7-8H,1-6H3,(H,20,22,23)/b9-7+. The average molecular weight is 371 g/mol. The fourth-order valence-corrected chi connectivity index (χ4v) is 3.53. The number of anilines is 1. The molecule has 7 heteroatoms. The van der Waals surface area contributed by atoms with Crippen molar-refractivity contribution < 1.29 is 13.9 Å². The van der Waals surface area contributed by atoms with Crippen LogP contribution in [0.4, 0.5) is 5.13 Å². The van der Waals surface area contributed by atoms with Gasteiger partial charge in [0.2, 0.25) is 11.0 Å². The molecule has 1 aromatic carbocycles. The van der Waals surface area contributed by atoms with Crippen LogP contribution < -0.4 is 10.1 Å². The third kappa shape index (κ3) is 3.22. The van der Waals surface area contributed by atoms with Gasteiger partial charge in [0.25, 0.3) is 0 Å². The van der Waals surface area contributed by atoms with E-state index in [1.165, 1.54) is 11.3 Å². The number of benzene rings is 1. The summed E-state index contributed by atoms with van der Waals surface area (Å²) < 4.78 is 11.5. The molecule has 3 rings (SSSR count). The zero-order chi connectivity index (χ0) is 19.0. The number of furan rings is 1. The number of nitrogens with zero attached hydrogens (tertiary/aromatic N) is 2. The molecule has 2 heterocycles. The van der Waals surface area contributed by atoms with Crippen LogP contribution in [0.25, 0.3) is 16.5 Å². The van der Waals surface area contributed by atoms with Gasteiger partial charge < -0.3 is 9.15 Å². The molecule has 0 bridgehead atoms. The van der Waals surface area contributed by atoms with Crippen LogP contribution in [0.15, 0.2) is 16.6 Å². The van der Waals surface area contributed by atoms with Crippen LogP contribution in [0.1, 0.15) is 34.4 Å². The smallest absolute Gasteiger partial charge is 0.250 e. The first-order valence-corrected chi connectivity index (χ1v) is 9.00. The molecule has 0 saturated heterocycles. The molecule has 1 N–H and O–H groups in total. The second-order valence-electron chi connectivity index (χ2n) is 6.19. The van der Waals surface area contributed by atoms with Gasteiger partial charge in [-0.25, -0.2) is 0 Å². The summed E-state index contributed by atoms with van der Waals surface area (Å²) in [5.74, 6) is 1.34. The molecule has 0 saturated carbocycles. The summed E-state index contributed by atoms with van der Waals surface area (Å²) in [5.41, 5.74) is 4.49. The number of hydrogen-bond acceptors (Lipinski definition) is 6. The Bertz CT molecular complexity index is 1030. The van der Waals surface area contributed by atoms with Gasteiger partial charge in [-0.3, -0.25) is 10.1 Å². The molecule has 2 aromatic heterocycles. The van der Waals surface area contributed by atoms with E-state index in [0.717, 1.165) is 44.0 Å². The van der Waals surface area contributed by atoms with E-state index in [0.29, 0.717) is 10.9 Å². The Morgan fingerprint density at radius 2 is 1.96 bits per heavy atom. The largest absolute Gasteiger partial charge is 0.496 e. The highest BCUT2D eigenvalue weighted by molar-refractivity contribution is 7.15. The number of amides is 1. The molecular weight excluding hydrogens is 350 g/mol. The van der Waals surface area contributed by atoms with Gasteiger partial charge in [-0.2, -0.15) is 0 Å². The van der Waals surface area contributed by atoms with Gasteiger partial charge in [-0.15, -0.1) is 10.2 Å². The van der Waals surface area contributed by atoms with E-state index in [2.05, 4.69) is 15.5 Å². The number of aromatic nitrogens is 2. The molecule has 0 fully saturated rings. The van der Waals surface area contributed by atoms with E-state index < -0.39 is 0 Å². The lowest BCUT2D eigenvalue weighted by Gasteiger charge is -2.13. The monoisotopic (exact) mass is 371 g/mol. The van der Waals surface area contributed by atoms with Crippen molar-refractivity contribution in [3.05, 3.63) is 39.6 Å². The van der Waals surface area contributed by atoms with E-state index in [4.69, 9.17) is 9.15 Å². The highest BCUT2D eigenvalue weighted by atomic mass is 32.1. The first kappa shape index (κ1) is 18.1. The molecule has 0 aliphatic heterocycles. The first-order chi connectivity index (χ1) is 12.3. The number of nitrogens with one attached hydrogen (secondary N) is 1. The Morgan fingerprint density at radius 1 is 1.23 bits per heavy atom. The van der Waals surface area contributed by atoms with Gasteiger partial charge in [-0.05, 0) is 51.8 Å². The van der Waals surface area contributed by atoms with Crippen molar-refractivity contribution in [2.45, 2.75) is 34.6 Å².